The van der Waals surface area contributed by atoms with Gasteiger partial charge in [-0.1, -0.05) is 25.6 Å². The van der Waals surface area contributed by atoms with E-state index in [4.69, 9.17) is 4.74 Å². The van der Waals surface area contributed by atoms with E-state index in [9.17, 15) is 4.79 Å². The Balaban J connectivity index is 3.18. The van der Waals surface area contributed by atoms with Crippen LogP contribution in [-0.4, -0.2) is 21.5 Å². The number of hydrogen-bond donors (Lipinski definition) is 0. The zero-order valence-electron chi connectivity index (χ0n) is 10.1. The Labute approximate surface area is 97.6 Å². The highest BCUT2D eigenvalue weighted by atomic mass is 28.3. The second-order valence-electron chi connectivity index (χ2n) is 4.58. The Morgan fingerprint density at radius 2 is 2.00 bits per heavy atom. The van der Waals surface area contributed by atoms with Crippen LogP contribution in [0.4, 0.5) is 0 Å². The van der Waals surface area contributed by atoms with Crippen molar-refractivity contribution in [1.82, 2.24) is 0 Å². The van der Waals surface area contributed by atoms with Gasteiger partial charge in [-0.25, -0.2) is 0 Å². The van der Waals surface area contributed by atoms with E-state index in [-0.39, 0.29) is 0 Å². The van der Waals surface area contributed by atoms with Crippen molar-refractivity contribution in [3.63, 3.8) is 0 Å². The van der Waals surface area contributed by atoms with Crippen LogP contribution in [0.15, 0.2) is 18.2 Å². The van der Waals surface area contributed by atoms with Crippen LogP contribution in [0.3, 0.4) is 0 Å². The largest absolute Gasteiger partial charge is 0.495 e. The third kappa shape index (κ3) is 3.56. The number of methoxy groups -OCH3 is 1. The Hall–Kier alpha value is -1.53. The smallest absolute Gasteiger partial charge is 0.150 e. The summed E-state index contributed by atoms with van der Waals surface area (Å²) in [6, 6.07) is 5.27. The Kier molecular flexibility index (Phi) is 3.91. The Morgan fingerprint density at radius 3 is 2.50 bits per heavy atom. The molecule has 0 aliphatic rings. The molecule has 16 heavy (non-hydrogen) atoms. The molecule has 0 heterocycles. The summed E-state index contributed by atoms with van der Waals surface area (Å²) in [6.45, 7) is 6.53. The van der Waals surface area contributed by atoms with Crippen molar-refractivity contribution in [3.8, 4) is 17.2 Å². The van der Waals surface area contributed by atoms with Gasteiger partial charge >= 0.3 is 0 Å². The zero-order chi connectivity index (χ0) is 12.2. The van der Waals surface area contributed by atoms with Crippen molar-refractivity contribution in [2.75, 3.05) is 7.11 Å². The minimum atomic E-state index is -1.41. The number of carbonyl (C=O) groups is 1. The van der Waals surface area contributed by atoms with E-state index in [2.05, 4.69) is 31.1 Å². The second kappa shape index (κ2) is 5.00. The molecule has 0 aromatic heterocycles. The highest BCUT2D eigenvalue weighted by molar-refractivity contribution is 6.83. The minimum absolute atomic E-state index is 0.626. The van der Waals surface area contributed by atoms with E-state index in [1.807, 2.05) is 0 Å². The van der Waals surface area contributed by atoms with Gasteiger partial charge in [-0.15, -0.1) is 5.54 Å². The fourth-order valence-corrected chi connectivity index (χ4v) is 1.66. The van der Waals surface area contributed by atoms with Crippen LogP contribution in [0, 0.1) is 11.5 Å². The normalized spacial score (nSPS) is 10.2. The molecule has 1 rings (SSSR count). The fraction of sp³-hybridized carbons (Fsp3) is 0.308. The lowest BCUT2D eigenvalue weighted by Crippen LogP contribution is -2.16. The van der Waals surface area contributed by atoms with Gasteiger partial charge < -0.3 is 4.74 Å². The van der Waals surface area contributed by atoms with E-state index in [1.54, 1.807) is 25.3 Å². The second-order valence-corrected chi connectivity index (χ2v) is 9.33. The minimum Gasteiger partial charge on any atom is -0.495 e. The number of ether oxygens (including phenoxy) is 1. The van der Waals surface area contributed by atoms with Gasteiger partial charge in [-0.2, -0.15) is 0 Å². The number of aldehydes is 1. The third-order valence-corrected chi connectivity index (χ3v) is 2.81. The molecule has 0 atom stereocenters. The van der Waals surface area contributed by atoms with Crippen LogP contribution in [0.5, 0.6) is 5.75 Å². The molecular weight excluding hydrogens is 216 g/mol. The molecule has 0 saturated carbocycles. The van der Waals surface area contributed by atoms with E-state index in [1.165, 1.54) is 0 Å². The van der Waals surface area contributed by atoms with Crippen molar-refractivity contribution < 1.29 is 9.53 Å². The molecule has 0 N–H and O–H groups in total. The molecule has 0 spiro atoms. The summed E-state index contributed by atoms with van der Waals surface area (Å²) in [6.07, 6.45) is 0.819. The first-order chi connectivity index (χ1) is 7.46. The molecule has 0 saturated heterocycles. The summed E-state index contributed by atoms with van der Waals surface area (Å²) < 4.78 is 5.21. The first kappa shape index (κ1) is 12.5. The summed E-state index contributed by atoms with van der Waals surface area (Å²) in [5, 5.41) is 0. The van der Waals surface area contributed by atoms with Crippen LogP contribution in [-0.2, 0) is 0 Å². The average Bonchev–Trinajstić information content (AvgIpc) is 2.25. The van der Waals surface area contributed by atoms with Crippen LogP contribution in [0.2, 0.25) is 19.6 Å². The zero-order valence-corrected chi connectivity index (χ0v) is 11.1. The molecule has 0 fully saturated rings. The monoisotopic (exact) mass is 232 g/mol. The van der Waals surface area contributed by atoms with Crippen molar-refractivity contribution in [3.05, 3.63) is 29.3 Å². The molecule has 3 heteroatoms. The maximum atomic E-state index is 10.7. The first-order valence-corrected chi connectivity index (χ1v) is 8.62. The average molecular weight is 232 g/mol. The van der Waals surface area contributed by atoms with Gasteiger partial charge in [-0.05, 0) is 18.2 Å². The summed E-state index contributed by atoms with van der Waals surface area (Å²) in [5.74, 6) is 3.83. The summed E-state index contributed by atoms with van der Waals surface area (Å²) in [4.78, 5) is 10.7. The number of carbonyl (C=O) groups excluding carboxylic acids is 1. The maximum Gasteiger partial charge on any atom is 0.150 e. The maximum absolute atomic E-state index is 10.7. The lowest BCUT2D eigenvalue weighted by atomic mass is 10.1. The molecule has 0 aliphatic carbocycles. The van der Waals surface area contributed by atoms with E-state index < -0.39 is 8.07 Å². The highest BCUT2D eigenvalue weighted by Crippen LogP contribution is 2.18. The van der Waals surface area contributed by atoms with E-state index in [0.29, 0.717) is 5.56 Å². The third-order valence-electron chi connectivity index (χ3n) is 1.93. The SMILES string of the molecule is COc1ccc(C=O)cc1C#C[Si](C)(C)C. The lowest BCUT2D eigenvalue weighted by Gasteiger charge is -2.06. The molecule has 1 aromatic carbocycles. The van der Waals surface area contributed by atoms with Gasteiger partial charge in [0.05, 0.1) is 12.7 Å². The van der Waals surface area contributed by atoms with Crippen LogP contribution in [0.1, 0.15) is 15.9 Å². The molecule has 0 amide bonds. The van der Waals surface area contributed by atoms with Gasteiger partial charge in [0, 0.05) is 5.56 Å². The molecule has 0 unspecified atom stereocenters. The Morgan fingerprint density at radius 1 is 1.31 bits per heavy atom. The van der Waals surface area contributed by atoms with Gasteiger partial charge in [0.25, 0.3) is 0 Å². The van der Waals surface area contributed by atoms with Gasteiger partial charge in [0.2, 0.25) is 0 Å². The van der Waals surface area contributed by atoms with Crippen molar-refractivity contribution in [2.24, 2.45) is 0 Å². The van der Waals surface area contributed by atoms with Crippen molar-refractivity contribution in [2.45, 2.75) is 19.6 Å². The first-order valence-electron chi connectivity index (χ1n) is 5.12. The van der Waals surface area contributed by atoms with Crippen LogP contribution in [0.25, 0.3) is 0 Å². The summed E-state index contributed by atoms with van der Waals surface area (Å²) in [5.41, 5.74) is 4.67. The molecular formula is C13H16O2Si. The molecule has 0 bridgehead atoms. The summed E-state index contributed by atoms with van der Waals surface area (Å²) in [7, 11) is 0.198. The van der Waals surface area contributed by atoms with Crippen LogP contribution >= 0.6 is 0 Å². The number of hydrogen-bond acceptors (Lipinski definition) is 2. The Bertz CT molecular complexity index is 447. The van der Waals surface area contributed by atoms with Crippen LogP contribution < -0.4 is 4.74 Å². The predicted octanol–water partition coefficient (Wildman–Crippen LogP) is 2.74. The van der Waals surface area contributed by atoms with Crippen molar-refractivity contribution >= 4 is 14.4 Å². The van der Waals surface area contributed by atoms with Gasteiger partial charge in [-0.3, -0.25) is 4.79 Å². The lowest BCUT2D eigenvalue weighted by molar-refractivity contribution is 0.112. The molecule has 1 aromatic rings. The van der Waals surface area contributed by atoms with Crippen molar-refractivity contribution in [1.29, 1.82) is 0 Å². The van der Waals surface area contributed by atoms with E-state index in [0.717, 1.165) is 17.6 Å². The number of benzene rings is 1. The quantitative estimate of drug-likeness (QED) is 0.445. The molecule has 0 aliphatic heterocycles. The highest BCUT2D eigenvalue weighted by Gasteiger charge is 2.08. The fourth-order valence-electron chi connectivity index (χ4n) is 1.15. The molecule has 0 radical (unpaired) electrons. The summed E-state index contributed by atoms with van der Waals surface area (Å²) >= 11 is 0. The molecule has 2 nitrogen and oxygen atoms in total. The molecule has 84 valence electrons. The topological polar surface area (TPSA) is 26.3 Å². The number of rotatable bonds is 2. The van der Waals surface area contributed by atoms with E-state index >= 15 is 0 Å². The predicted molar refractivity (Wildman–Crippen MR) is 68.6 cm³/mol. The van der Waals surface area contributed by atoms with Gasteiger partial charge in [0.1, 0.15) is 20.1 Å². The standard InChI is InChI=1S/C13H16O2Si/c1-15-13-6-5-11(10-14)9-12(13)7-8-16(2,3)4/h5-6,9-10H,1-4H3. The van der Waals surface area contributed by atoms with Gasteiger partial charge in [0.15, 0.2) is 0 Å².